The molecule has 7 heteroatoms. The zero-order valence-corrected chi connectivity index (χ0v) is 19.0. The van der Waals surface area contributed by atoms with Crippen molar-refractivity contribution >= 4 is 11.8 Å². The lowest BCUT2D eigenvalue weighted by Crippen LogP contribution is -2.51. The van der Waals surface area contributed by atoms with Gasteiger partial charge < -0.3 is 15.4 Å². The maximum atomic E-state index is 6.57. The molecule has 2 aliphatic rings. The van der Waals surface area contributed by atoms with Gasteiger partial charge in [-0.1, -0.05) is 19.1 Å². The summed E-state index contributed by atoms with van der Waals surface area (Å²) >= 11 is 0. The molecule has 1 unspecified atom stereocenters. The van der Waals surface area contributed by atoms with Gasteiger partial charge in [0.05, 0.1) is 17.8 Å². The first-order valence-electron chi connectivity index (χ1n) is 10.7. The minimum Gasteiger partial charge on any atom is -0.375 e. The summed E-state index contributed by atoms with van der Waals surface area (Å²) in [7, 11) is 5.50. The van der Waals surface area contributed by atoms with Crippen molar-refractivity contribution in [3.8, 4) is 0 Å². The van der Waals surface area contributed by atoms with Crippen molar-refractivity contribution in [1.82, 2.24) is 19.6 Å². The number of nitrogens with two attached hydrogens (primary N) is 1. The summed E-state index contributed by atoms with van der Waals surface area (Å²) in [5, 5.41) is 4.37. The third-order valence-corrected chi connectivity index (χ3v) is 5.80. The monoisotopic (exact) mass is 412 g/mol. The fraction of sp³-hybridized carbons (Fsp3) is 0.565. The Hall–Kier alpha value is -2.22. The quantitative estimate of drug-likeness (QED) is 0.695. The molecule has 1 saturated heterocycles. The molecule has 0 spiro atoms. The van der Waals surface area contributed by atoms with Gasteiger partial charge in [-0.2, -0.15) is 5.10 Å². The summed E-state index contributed by atoms with van der Waals surface area (Å²) in [6.07, 6.45) is 13.4. The molecule has 1 fully saturated rings. The number of aryl methyl sites for hydroxylation is 1. The van der Waals surface area contributed by atoms with Crippen molar-refractivity contribution in [2.24, 2.45) is 17.8 Å². The molecule has 1 aliphatic carbocycles. The molecule has 0 bridgehead atoms. The number of allylic oxidation sites excluding steroid dienone is 2. The molecule has 1 aromatic rings. The Labute approximate surface area is 180 Å². The normalized spacial score (nSPS) is 26.3. The Morgan fingerprint density at radius 2 is 2.10 bits per heavy atom. The molecule has 3 rings (SSSR count). The van der Waals surface area contributed by atoms with Gasteiger partial charge in [0.2, 0.25) is 0 Å². The van der Waals surface area contributed by atoms with Crippen molar-refractivity contribution in [1.29, 1.82) is 0 Å². The van der Waals surface area contributed by atoms with Crippen LogP contribution in [0.25, 0.3) is 5.57 Å². The number of methoxy groups -OCH3 is 1. The number of hydrogen-bond acceptors (Lipinski definition) is 6. The highest BCUT2D eigenvalue weighted by Gasteiger charge is 2.35. The second kappa shape index (κ2) is 9.73. The number of aliphatic imine (C=N–C) groups is 1. The predicted molar refractivity (Wildman–Crippen MR) is 123 cm³/mol. The van der Waals surface area contributed by atoms with E-state index in [0.717, 1.165) is 50.3 Å². The van der Waals surface area contributed by atoms with E-state index in [1.807, 2.05) is 44.3 Å². The number of rotatable bonds is 7. The molecule has 0 amide bonds. The predicted octanol–water partition coefficient (Wildman–Crippen LogP) is 2.09. The van der Waals surface area contributed by atoms with E-state index in [2.05, 4.69) is 45.0 Å². The Kier molecular flexibility index (Phi) is 7.28. The van der Waals surface area contributed by atoms with Crippen molar-refractivity contribution < 1.29 is 4.74 Å². The van der Waals surface area contributed by atoms with Crippen LogP contribution in [0.1, 0.15) is 25.8 Å². The highest BCUT2D eigenvalue weighted by molar-refractivity contribution is 5.81. The van der Waals surface area contributed by atoms with Gasteiger partial charge in [-0.25, -0.2) is 0 Å². The van der Waals surface area contributed by atoms with E-state index in [1.54, 1.807) is 7.11 Å². The van der Waals surface area contributed by atoms with Gasteiger partial charge in [0.15, 0.2) is 0 Å². The molecule has 2 heterocycles. The standard InChI is InChI=1S/C23H36N6O/c1-6-7-18(14-25-3)16-28-8-10-29(11-9-28)21-12-22(30-5)23(2,24)13-20(21)19-15-26-27(4)17-19/h7,12-15,17,22H,6,8-11,16,24H2,1-5H3/b18-7+,25-14?/t22?,23-/m1/s1. The lowest BCUT2D eigenvalue weighted by molar-refractivity contribution is 0.0926. The highest BCUT2D eigenvalue weighted by atomic mass is 16.5. The van der Waals surface area contributed by atoms with Gasteiger partial charge in [0.1, 0.15) is 0 Å². The van der Waals surface area contributed by atoms with Crippen LogP contribution in [0.2, 0.25) is 0 Å². The Morgan fingerprint density at radius 3 is 2.67 bits per heavy atom. The molecular formula is C23H36N6O. The summed E-state index contributed by atoms with van der Waals surface area (Å²) in [4.78, 5) is 9.15. The fourth-order valence-electron chi connectivity index (χ4n) is 4.26. The van der Waals surface area contributed by atoms with Crippen molar-refractivity contribution in [3.05, 3.63) is 47.5 Å². The van der Waals surface area contributed by atoms with Crippen LogP contribution < -0.4 is 5.73 Å². The van der Waals surface area contributed by atoms with E-state index < -0.39 is 5.54 Å². The number of hydrogen-bond donors (Lipinski definition) is 1. The van der Waals surface area contributed by atoms with Gasteiger partial charge in [-0.05, 0) is 25.0 Å². The maximum Gasteiger partial charge on any atom is 0.0987 e. The molecule has 0 saturated carbocycles. The summed E-state index contributed by atoms with van der Waals surface area (Å²) < 4.78 is 7.55. The third-order valence-electron chi connectivity index (χ3n) is 5.80. The van der Waals surface area contributed by atoms with E-state index in [9.17, 15) is 0 Å². The largest absolute Gasteiger partial charge is 0.375 e. The van der Waals surface area contributed by atoms with E-state index in [1.165, 1.54) is 11.3 Å². The molecule has 0 aromatic carbocycles. The minimum atomic E-state index is -0.565. The molecule has 2 N–H and O–H groups in total. The zero-order chi connectivity index (χ0) is 21.7. The van der Waals surface area contributed by atoms with Gasteiger partial charge in [0, 0.05) is 83.2 Å². The first kappa shape index (κ1) is 22.5. The third kappa shape index (κ3) is 5.09. The highest BCUT2D eigenvalue weighted by Crippen LogP contribution is 2.35. The number of ether oxygens (including phenoxy) is 1. The fourth-order valence-corrected chi connectivity index (χ4v) is 4.26. The van der Waals surface area contributed by atoms with Crippen LogP contribution in [0, 0.1) is 0 Å². The van der Waals surface area contributed by atoms with E-state index in [0.29, 0.717) is 0 Å². The Balaban J connectivity index is 1.77. The van der Waals surface area contributed by atoms with E-state index >= 15 is 0 Å². The first-order valence-corrected chi connectivity index (χ1v) is 10.7. The number of nitrogens with zero attached hydrogens (tertiary/aromatic N) is 5. The molecule has 30 heavy (non-hydrogen) atoms. The van der Waals surface area contributed by atoms with Crippen LogP contribution in [0.4, 0.5) is 0 Å². The van der Waals surface area contributed by atoms with Gasteiger partial charge in [-0.15, -0.1) is 0 Å². The molecule has 7 nitrogen and oxygen atoms in total. The molecule has 1 aromatic heterocycles. The van der Waals surface area contributed by atoms with Crippen LogP contribution >= 0.6 is 0 Å². The summed E-state index contributed by atoms with van der Waals surface area (Å²) in [5.41, 5.74) is 10.7. The number of piperazine rings is 1. The van der Waals surface area contributed by atoms with Crippen molar-refractivity contribution in [2.45, 2.75) is 31.9 Å². The summed E-state index contributed by atoms with van der Waals surface area (Å²) in [6.45, 7) is 9.07. The minimum absolute atomic E-state index is 0.161. The lowest BCUT2D eigenvalue weighted by atomic mass is 9.84. The summed E-state index contributed by atoms with van der Waals surface area (Å²) in [6, 6.07) is 0. The van der Waals surface area contributed by atoms with Crippen LogP contribution in [-0.2, 0) is 11.8 Å². The van der Waals surface area contributed by atoms with Gasteiger partial charge in [0.25, 0.3) is 0 Å². The average molecular weight is 413 g/mol. The van der Waals surface area contributed by atoms with E-state index in [4.69, 9.17) is 10.5 Å². The van der Waals surface area contributed by atoms with Crippen LogP contribution in [0.3, 0.4) is 0 Å². The second-order valence-electron chi connectivity index (χ2n) is 8.37. The van der Waals surface area contributed by atoms with Crippen LogP contribution in [0.15, 0.2) is 46.9 Å². The van der Waals surface area contributed by atoms with Crippen LogP contribution in [0.5, 0.6) is 0 Å². The SMILES string of the molecule is CC/C=C(\C=NC)CN1CCN(C2=CC(OC)[C@](C)(N)C=C2c2cnn(C)c2)CC1. The smallest absolute Gasteiger partial charge is 0.0987 e. The maximum absolute atomic E-state index is 6.57. The first-order chi connectivity index (χ1) is 14.4. The van der Waals surface area contributed by atoms with Crippen LogP contribution in [-0.4, -0.2) is 84.3 Å². The molecule has 1 aliphatic heterocycles. The van der Waals surface area contributed by atoms with Crippen molar-refractivity contribution in [3.63, 3.8) is 0 Å². The number of aromatic nitrogens is 2. The van der Waals surface area contributed by atoms with Gasteiger partial charge in [-0.3, -0.25) is 14.6 Å². The molecule has 0 radical (unpaired) electrons. The van der Waals surface area contributed by atoms with Gasteiger partial charge >= 0.3 is 0 Å². The Bertz CT molecular complexity index is 840. The average Bonchev–Trinajstić information content (AvgIpc) is 3.14. The molecule has 164 valence electrons. The van der Waals surface area contributed by atoms with E-state index in [-0.39, 0.29) is 6.10 Å². The molecule has 2 atom stereocenters. The lowest BCUT2D eigenvalue weighted by Gasteiger charge is -2.42. The second-order valence-corrected chi connectivity index (χ2v) is 8.37. The zero-order valence-electron chi connectivity index (χ0n) is 19.0. The topological polar surface area (TPSA) is 71.9 Å². The summed E-state index contributed by atoms with van der Waals surface area (Å²) in [5.74, 6) is 0. The molecular weight excluding hydrogens is 376 g/mol. The Morgan fingerprint density at radius 1 is 1.37 bits per heavy atom. The van der Waals surface area contributed by atoms with Crippen molar-refractivity contribution in [2.75, 3.05) is 46.9 Å².